The van der Waals surface area contributed by atoms with Crippen LogP contribution >= 0.6 is 0 Å². The fourth-order valence-corrected chi connectivity index (χ4v) is 2.67. The van der Waals surface area contributed by atoms with Crippen molar-refractivity contribution in [2.45, 2.75) is 33.7 Å². The normalized spacial score (nSPS) is 12.5. The molecule has 1 heteroatoms. The molecular weight excluding hydrogens is 218 g/mol. The predicted molar refractivity (Wildman–Crippen MR) is 77.9 cm³/mol. The minimum atomic E-state index is -0.0372. The van der Waals surface area contributed by atoms with Crippen molar-refractivity contribution in [2.24, 2.45) is 5.73 Å². The number of hydrogen-bond acceptors (Lipinski definition) is 1. The molecule has 0 aromatic heterocycles. The van der Waals surface area contributed by atoms with Crippen LogP contribution in [0.5, 0.6) is 0 Å². The van der Waals surface area contributed by atoms with Crippen LogP contribution in [0.15, 0.2) is 36.4 Å². The lowest BCUT2D eigenvalue weighted by Crippen LogP contribution is -2.15. The van der Waals surface area contributed by atoms with Gasteiger partial charge in [0.15, 0.2) is 0 Å². The third kappa shape index (κ3) is 2.46. The molecule has 0 amide bonds. The van der Waals surface area contributed by atoms with Crippen molar-refractivity contribution in [1.29, 1.82) is 0 Å². The highest BCUT2D eigenvalue weighted by Gasteiger charge is 2.14. The van der Waals surface area contributed by atoms with E-state index in [1.165, 1.54) is 33.4 Å². The molecular formula is C17H21N. The van der Waals surface area contributed by atoms with Gasteiger partial charge < -0.3 is 5.73 Å². The lowest BCUT2D eigenvalue weighted by molar-refractivity contribution is 0.848. The van der Waals surface area contributed by atoms with Gasteiger partial charge in [0.25, 0.3) is 0 Å². The van der Waals surface area contributed by atoms with E-state index in [4.69, 9.17) is 5.73 Å². The molecule has 94 valence electrons. The van der Waals surface area contributed by atoms with E-state index in [9.17, 15) is 0 Å². The molecule has 2 rings (SSSR count). The second kappa shape index (κ2) is 4.95. The van der Waals surface area contributed by atoms with Gasteiger partial charge in [-0.3, -0.25) is 0 Å². The largest absolute Gasteiger partial charge is 0.320 e. The fourth-order valence-electron chi connectivity index (χ4n) is 2.67. The first kappa shape index (κ1) is 12.8. The van der Waals surface area contributed by atoms with Gasteiger partial charge in [0, 0.05) is 0 Å². The van der Waals surface area contributed by atoms with Gasteiger partial charge in [-0.1, -0.05) is 47.5 Å². The average Bonchev–Trinajstić information content (AvgIpc) is 2.27. The highest BCUT2D eigenvalue weighted by molar-refractivity contribution is 5.43. The van der Waals surface area contributed by atoms with Crippen LogP contribution in [-0.4, -0.2) is 0 Å². The Balaban J connectivity index is 2.51. The summed E-state index contributed by atoms with van der Waals surface area (Å²) < 4.78 is 0. The van der Waals surface area contributed by atoms with Crippen molar-refractivity contribution >= 4 is 0 Å². The summed E-state index contributed by atoms with van der Waals surface area (Å²) >= 11 is 0. The van der Waals surface area contributed by atoms with Crippen LogP contribution in [0.25, 0.3) is 0 Å². The minimum absolute atomic E-state index is 0.0372. The molecule has 0 spiro atoms. The SMILES string of the molecule is Cc1cc(C)cc(C(N)c2c(C)cccc2C)c1. The molecule has 0 aliphatic rings. The Morgan fingerprint density at radius 2 is 1.33 bits per heavy atom. The third-order valence-electron chi connectivity index (χ3n) is 3.46. The molecule has 0 radical (unpaired) electrons. The van der Waals surface area contributed by atoms with Crippen molar-refractivity contribution in [2.75, 3.05) is 0 Å². The molecule has 18 heavy (non-hydrogen) atoms. The number of hydrogen-bond donors (Lipinski definition) is 1. The zero-order valence-electron chi connectivity index (χ0n) is 11.6. The average molecular weight is 239 g/mol. The Morgan fingerprint density at radius 3 is 1.83 bits per heavy atom. The van der Waals surface area contributed by atoms with Gasteiger partial charge in [-0.25, -0.2) is 0 Å². The molecule has 0 heterocycles. The van der Waals surface area contributed by atoms with Gasteiger partial charge in [-0.2, -0.15) is 0 Å². The minimum Gasteiger partial charge on any atom is -0.320 e. The number of rotatable bonds is 2. The highest BCUT2D eigenvalue weighted by Crippen LogP contribution is 2.26. The zero-order valence-corrected chi connectivity index (χ0v) is 11.6. The Bertz CT molecular complexity index is 529. The number of nitrogens with two attached hydrogens (primary N) is 1. The van der Waals surface area contributed by atoms with E-state index in [2.05, 4.69) is 64.1 Å². The van der Waals surface area contributed by atoms with Crippen molar-refractivity contribution < 1.29 is 0 Å². The second-order valence-corrected chi connectivity index (χ2v) is 5.20. The first-order valence-electron chi connectivity index (χ1n) is 6.39. The first-order chi connectivity index (χ1) is 8.49. The van der Waals surface area contributed by atoms with E-state index in [0.717, 1.165) is 0 Å². The van der Waals surface area contributed by atoms with Gasteiger partial charge in [-0.05, 0) is 49.9 Å². The summed E-state index contributed by atoms with van der Waals surface area (Å²) in [5.41, 5.74) is 14.0. The lowest BCUT2D eigenvalue weighted by Gasteiger charge is -2.19. The summed E-state index contributed by atoms with van der Waals surface area (Å²) in [6.07, 6.45) is 0. The molecule has 1 atom stereocenters. The maximum atomic E-state index is 6.46. The zero-order chi connectivity index (χ0) is 13.3. The van der Waals surface area contributed by atoms with Crippen molar-refractivity contribution in [3.05, 3.63) is 69.8 Å². The van der Waals surface area contributed by atoms with Crippen molar-refractivity contribution in [1.82, 2.24) is 0 Å². The maximum absolute atomic E-state index is 6.46. The van der Waals surface area contributed by atoms with Gasteiger partial charge in [0.2, 0.25) is 0 Å². The van der Waals surface area contributed by atoms with E-state index in [1.807, 2.05) is 0 Å². The Morgan fingerprint density at radius 1 is 0.833 bits per heavy atom. The first-order valence-corrected chi connectivity index (χ1v) is 6.39. The lowest BCUT2D eigenvalue weighted by atomic mass is 9.90. The molecule has 2 aromatic rings. The number of aryl methyl sites for hydroxylation is 4. The summed E-state index contributed by atoms with van der Waals surface area (Å²) in [4.78, 5) is 0. The quantitative estimate of drug-likeness (QED) is 0.843. The molecule has 0 aliphatic heterocycles. The topological polar surface area (TPSA) is 26.0 Å². The van der Waals surface area contributed by atoms with Gasteiger partial charge in [0.05, 0.1) is 6.04 Å². The summed E-state index contributed by atoms with van der Waals surface area (Å²) in [6, 6.07) is 12.9. The summed E-state index contributed by atoms with van der Waals surface area (Å²) in [7, 11) is 0. The molecule has 0 aliphatic carbocycles. The van der Waals surface area contributed by atoms with Crippen LogP contribution < -0.4 is 5.73 Å². The molecule has 2 N–H and O–H groups in total. The van der Waals surface area contributed by atoms with E-state index in [-0.39, 0.29) is 6.04 Å². The van der Waals surface area contributed by atoms with Crippen LogP contribution in [0, 0.1) is 27.7 Å². The van der Waals surface area contributed by atoms with Crippen LogP contribution in [-0.2, 0) is 0 Å². The second-order valence-electron chi connectivity index (χ2n) is 5.20. The van der Waals surface area contributed by atoms with Gasteiger partial charge in [-0.15, -0.1) is 0 Å². The molecule has 1 nitrogen and oxygen atoms in total. The molecule has 2 aromatic carbocycles. The van der Waals surface area contributed by atoms with Crippen LogP contribution in [0.4, 0.5) is 0 Å². The molecule has 0 fully saturated rings. The van der Waals surface area contributed by atoms with E-state index < -0.39 is 0 Å². The van der Waals surface area contributed by atoms with E-state index >= 15 is 0 Å². The molecule has 1 unspecified atom stereocenters. The smallest absolute Gasteiger partial charge is 0.0557 e. The van der Waals surface area contributed by atoms with Crippen LogP contribution in [0.1, 0.15) is 39.4 Å². The van der Waals surface area contributed by atoms with Gasteiger partial charge >= 0.3 is 0 Å². The molecule has 0 saturated heterocycles. The summed E-state index contributed by atoms with van der Waals surface area (Å²) in [6.45, 7) is 8.50. The Labute approximate surface area is 110 Å². The fraction of sp³-hybridized carbons (Fsp3) is 0.294. The molecule has 0 bridgehead atoms. The van der Waals surface area contributed by atoms with Gasteiger partial charge in [0.1, 0.15) is 0 Å². The summed E-state index contributed by atoms with van der Waals surface area (Å²) in [5, 5.41) is 0. The Kier molecular flexibility index (Phi) is 3.53. The maximum Gasteiger partial charge on any atom is 0.0557 e. The number of benzene rings is 2. The van der Waals surface area contributed by atoms with E-state index in [1.54, 1.807) is 0 Å². The Hall–Kier alpha value is -1.60. The van der Waals surface area contributed by atoms with Crippen molar-refractivity contribution in [3.63, 3.8) is 0 Å². The van der Waals surface area contributed by atoms with Crippen LogP contribution in [0.3, 0.4) is 0 Å². The monoisotopic (exact) mass is 239 g/mol. The predicted octanol–water partition coefficient (Wildman–Crippen LogP) is 3.97. The van der Waals surface area contributed by atoms with E-state index in [0.29, 0.717) is 0 Å². The van der Waals surface area contributed by atoms with Crippen molar-refractivity contribution in [3.8, 4) is 0 Å². The highest BCUT2D eigenvalue weighted by atomic mass is 14.6. The third-order valence-corrected chi connectivity index (χ3v) is 3.46. The van der Waals surface area contributed by atoms with Crippen LogP contribution in [0.2, 0.25) is 0 Å². The molecule has 0 saturated carbocycles. The summed E-state index contributed by atoms with van der Waals surface area (Å²) in [5.74, 6) is 0. The standard InChI is InChI=1S/C17H21N/c1-11-8-12(2)10-15(9-11)17(18)16-13(3)6-5-7-14(16)4/h5-10,17H,18H2,1-4H3.